The third kappa shape index (κ3) is 6.53. The lowest BCUT2D eigenvalue weighted by Crippen LogP contribution is -2.38. The van der Waals surface area contributed by atoms with E-state index in [1.54, 1.807) is 18.2 Å². The van der Waals surface area contributed by atoms with Gasteiger partial charge >= 0.3 is 6.03 Å². The molecule has 1 fully saturated rings. The number of nitrogens with one attached hydrogen (secondary N) is 2. The molecule has 3 amide bonds. The summed E-state index contributed by atoms with van der Waals surface area (Å²) in [5.74, 6) is 0.311. The van der Waals surface area contributed by atoms with Crippen molar-refractivity contribution < 1.29 is 14.3 Å². The number of urea groups is 1. The lowest BCUT2D eigenvalue weighted by atomic mass is 9.87. The molecule has 1 aliphatic rings. The topological polar surface area (TPSA) is 140 Å². The van der Waals surface area contributed by atoms with Gasteiger partial charge in [-0.1, -0.05) is 32.9 Å². The maximum atomic E-state index is 12.3. The van der Waals surface area contributed by atoms with Crippen molar-refractivity contribution in [2.24, 2.45) is 0 Å². The Kier molecular flexibility index (Phi) is 7.91. The van der Waals surface area contributed by atoms with E-state index in [0.717, 1.165) is 18.5 Å². The number of hydrogen-bond donors (Lipinski definition) is 3. The molecule has 1 saturated heterocycles. The van der Waals surface area contributed by atoms with Gasteiger partial charge in [0, 0.05) is 32.2 Å². The summed E-state index contributed by atoms with van der Waals surface area (Å²) < 4.78 is 8.09. The number of amides is 3. The summed E-state index contributed by atoms with van der Waals surface area (Å²) in [6.45, 7) is 9.47. The van der Waals surface area contributed by atoms with Crippen LogP contribution >= 0.6 is 0 Å². The number of ether oxygens (including phenoxy) is 1. The Morgan fingerprint density at radius 1 is 1.16 bits per heavy atom. The molecule has 4 N–H and O–H groups in total. The van der Waals surface area contributed by atoms with Crippen LogP contribution in [0.5, 0.6) is 0 Å². The predicted octanol–water partition coefficient (Wildman–Crippen LogP) is 3.44. The largest absolute Gasteiger partial charge is 0.382 e. The van der Waals surface area contributed by atoms with E-state index in [0.29, 0.717) is 43.0 Å². The third-order valence-electron chi connectivity index (χ3n) is 6.55. The van der Waals surface area contributed by atoms with Crippen LogP contribution in [0.4, 0.5) is 16.3 Å². The number of nitrogens with two attached hydrogens (primary N) is 1. The van der Waals surface area contributed by atoms with Crippen molar-refractivity contribution in [3.05, 3.63) is 42.5 Å². The van der Waals surface area contributed by atoms with Crippen LogP contribution in [0.15, 0.2) is 36.9 Å². The molecule has 3 aromatic rings. The number of aromatic nitrogens is 4. The summed E-state index contributed by atoms with van der Waals surface area (Å²) in [5.41, 5.74) is 9.08. The predicted molar refractivity (Wildman–Crippen MR) is 142 cm³/mol. The molecule has 0 bridgehead atoms. The number of benzene rings is 1. The lowest BCUT2D eigenvalue weighted by Gasteiger charge is -2.25. The van der Waals surface area contributed by atoms with Crippen molar-refractivity contribution >= 4 is 34.6 Å². The third-order valence-corrected chi connectivity index (χ3v) is 6.55. The summed E-state index contributed by atoms with van der Waals surface area (Å²) in [4.78, 5) is 38.9. The van der Waals surface area contributed by atoms with E-state index < -0.39 is 0 Å². The number of carbonyl (C=O) groups is 2. The number of rotatable bonds is 8. The van der Waals surface area contributed by atoms with Crippen LogP contribution < -0.4 is 16.4 Å². The van der Waals surface area contributed by atoms with Crippen LogP contribution in [0.2, 0.25) is 0 Å². The number of fused-ring (bicyclic) bond motifs is 1. The number of imidazole rings is 1. The van der Waals surface area contributed by atoms with Crippen molar-refractivity contribution in [3.63, 3.8) is 0 Å². The van der Waals surface area contributed by atoms with Crippen LogP contribution in [-0.2, 0) is 14.9 Å². The SMILES string of the molecule is CC(=O)N(CCCNC(=O)Nc1ccc(C(C)(C)C)cc1)CC1CCC(n2cnc3c(N)ncnc32)O1. The Labute approximate surface area is 216 Å². The highest BCUT2D eigenvalue weighted by Crippen LogP contribution is 2.31. The van der Waals surface area contributed by atoms with E-state index in [-0.39, 0.29) is 29.7 Å². The van der Waals surface area contributed by atoms with Crippen molar-refractivity contribution in [2.75, 3.05) is 30.7 Å². The van der Waals surface area contributed by atoms with Crippen LogP contribution in [-0.4, -0.2) is 62.1 Å². The van der Waals surface area contributed by atoms with Crippen molar-refractivity contribution in [1.82, 2.24) is 29.7 Å². The van der Waals surface area contributed by atoms with Gasteiger partial charge in [0.05, 0.1) is 12.4 Å². The summed E-state index contributed by atoms with van der Waals surface area (Å²) in [6, 6.07) is 7.59. The molecule has 198 valence electrons. The van der Waals surface area contributed by atoms with E-state index in [9.17, 15) is 9.59 Å². The fraction of sp³-hybridized carbons (Fsp3) is 0.500. The van der Waals surface area contributed by atoms with Crippen LogP contribution in [0.25, 0.3) is 11.2 Å². The second kappa shape index (κ2) is 11.1. The molecule has 1 aromatic carbocycles. The lowest BCUT2D eigenvalue weighted by molar-refractivity contribution is -0.131. The second-order valence-corrected chi connectivity index (χ2v) is 10.4. The molecule has 1 aliphatic heterocycles. The summed E-state index contributed by atoms with van der Waals surface area (Å²) >= 11 is 0. The first kappa shape index (κ1) is 26.3. The van der Waals surface area contributed by atoms with Gasteiger partial charge in [0.25, 0.3) is 0 Å². The van der Waals surface area contributed by atoms with Gasteiger partial charge in [-0.05, 0) is 42.4 Å². The van der Waals surface area contributed by atoms with E-state index in [2.05, 4.69) is 46.4 Å². The van der Waals surface area contributed by atoms with Crippen molar-refractivity contribution in [1.29, 1.82) is 0 Å². The zero-order chi connectivity index (χ0) is 26.6. The van der Waals surface area contributed by atoms with E-state index in [1.165, 1.54) is 11.9 Å². The van der Waals surface area contributed by atoms with Gasteiger partial charge in [0.1, 0.15) is 18.1 Å². The Balaban J connectivity index is 1.22. The highest BCUT2D eigenvalue weighted by Gasteiger charge is 2.30. The molecule has 4 rings (SSSR count). The number of nitrogen functional groups attached to an aromatic ring is 1. The van der Waals surface area contributed by atoms with Gasteiger partial charge in [-0.2, -0.15) is 0 Å². The maximum absolute atomic E-state index is 12.3. The van der Waals surface area contributed by atoms with Crippen molar-refractivity contribution in [3.8, 4) is 0 Å². The normalized spacial score (nSPS) is 17.6. The zero-order valence-corrected chi connectivity index (χ0v) is 21.9. The second-order valence-electron chi connectivity index (χ2n) is 10.4. The Bertz CT molecular complexity index is 1230. The minimum atomic E-state index is -0.267. The minimum Gasteiger partial charge on any atom is -0.382 e. The molecule has 0 radical (unpaired) electrons. The molecule has 3 heterocycles. The first-order valence-electron chi connectivity index (χ1n) is 12.6. The molecule has 0 aliphatic carbocycles. The Morgan fingerprint density at radius 3 is 2.62 bits per heavy atom. The molecule has 37 heavy (non-hydrogen) atoms. The fourth-order valence-electron chi connectivity index (χ4n) is 4.43. The summed E-state index contributed by atoms with van der Waals surface area (Å²) in [7, 11) is 0. The molecule has 0 saturated carbocycles. The van der Waals surface area contributed by atoms with E-state index >= 15 is 0 Å². The zero-order valence-electron chi connectivity index (χ0n) is 21.9. The smallest absolute Gasteiger partial charge is 0.319 e. The Hall–Kier alpha value is -3.73. The summed E-state index contributed by atoms with van der Waals surface area (Å²) in [6.07, 6.45) is 4.98. The molecule has 2 unspecified atom stereocenters. The molecule has 2 atom stereocenters. The monoisotopic (exact) mass is 508 g/mol. The van der Waals surface area contributed by atoms with Gasteiger partial charge in [-0.3, -0.25) is 9.36 Å². The Morgan fingerprint density at radius 2 is 1.92 bits per heavy atom. The summed E-state index contributed by atoms with van der Waals surface area (Å²) in [5, 5.41) is 5.71. The fourth-order valence-corrected chi connectivity index (χ4v) is 4.43. The van der Waals surface area contributed by atoms with E-state index in [1.807, 2.05) is 28.8 Å². The van der Waals surface area contributed by atoms with Crippen LogP contribution in [0.3, 0.4) is 0 Å². The molecule has 11 heteroatoms. The van der Waals surface area contributed by atoms with Gasteiger partial charge in [0.15, 0.2) is 11.5 Å². The number of nitrogens with zero attached hydrogens (tertiary/aromatic N) is 5. The van der Waals surface area contributed by atoms with Gasteiger partial charge < -0.3 is 26.0 Å². The molecule has 11 nitrogen and oxygen atoms in total. The first-order chi connectivity index (χ1) is 17.6. The average molecular weight is 509 g/mol. The average Bonchev–Trinajstić information content (AvgIpc) is 3.48. The number of hydrogen-bond acceptors (Lipinski definition) is 7. The maximum Gasteiger partial charge on any atom is 0.319 e. The molecule has 2 aromatic heterocycles. The van der Waals surface area contributed by atoms with Gasteiger partial charge in [0.2, 0.25) is 5.91 Å². The van der Waals surface area contributed by atoms with E-state index in [4.69, 9.17) is 10.5 Å². The van der Waals surface area contributed by atoms with Crippen LogP contribution in [0.1, 0.15) is 58.7 Å². The molecule has 0 spiro atoms. The van der Waals surface area contributed by atoms with Gasteiger partial charge in [-0.15, -0.1) is 0 Å². The van der Waals surface area contributed by atoms with Crippen molar-refractivity contribution in [2.45, 2.75) is 64.7 Å². The number of anilines is 2. The quantitative estimate of drug-likeness (QED) is 0.396. The molecular formula is C26H36N8O3. The highest BCUT2D eigenvalue weighted by molar-refractivity contribution is 5.89. The minimum absolute atomic E-state index is 0.0240. The molecular weight excluding hydrogens is 472 g/mol. The standard InChI is InChI=1S/C26H36N8O3/c1-17(35)33(13-5-12-28-25(36)32-19-8-6-18(7-9-19)26(2,3)4)14-20-10-11-21(37-20)34-16-31-22-23(27)29-15-30-24(22)34/h6-9,15-16,20-21H,5,10-14H2,1-4H3,(H2,27,29,30)(H2,28,32,36). The van der Waals surface area contributed by atoms with Gasteiger partial charge in [-0.25, -0.2) is 19.7 Å². The number of carbonyl (C=O) groups excluding carboxylic acids is 2. The highest BCUT2D eigenvalue weighted by atomic mass is 16.5. The first-order valence-corrected chi connectivity index (χ1v) is 12.6. The van der Waals surface area contributed by atoms with Crippen LogP contribution in [0, 0.1) is 0 Å².